The molecule has 0 atom stereocenters. The lowest BCUT2D eigenvalue weighted by Gasteiger charge is -1.94. The smallest absolute Gasteiger partial charge is 0.206 e. The first-order valence-electron chi connectivity index (χ1n) is 4.06. The van der Waals surface area contributed by atoms with Crippen LogP contribution in [-0.4, -0.2) is 5.78 Å². The Labute approximate surface area is 88.8 Å². The summed E-state index contributed by atoms with van der Waals surface area (Å²) < 4.78 is 10.8. The van der Waals surface area contributed by atoms with Crippen molar-refractivity contribution in [2.45, 2.75) is 6.42 Å². The highest BCUT2D eigenvalue weighted by Gasteiger charge is 2.15. The van der Waals surface area contributed by atoms with E-state index in [9.17, 15) is 4.79 Å². The van der Waals surface area contributed by atoms with Crippen LogP contribution in [0.1, 0.15) is 16.3 Å². The molecule has 3 nitrogen and oxygen atoms in total. The minimum Gasteiger partial charge on any atom is -0.469 e. The molecule has 0 aliphatic rings. The van der Waals surface area contributed by atoms with E-state index in [2.05, 4.69) is 15.9 Å². The summed E-state index contributed by atoms with van der Waals surface area (Å²) in [4.78, 5) is 11.6. The van der Waals surface area contributed by atoms with Gasteiger partial charge in [0.05, 0.1) is 23.4 Å². The van der Waals surface area contributed by atoms with Crippen LogP contribution in [0.15, 0.2) is 44.0 Å². The Kier molecular flexibility index (Phi) is 2.54. The van der Waals surface area contributed by atoms with Crippen LogP contribution in [-0.2, 0) is 6.42 Å². The van der Waals surface area contributed by atoms with E-state index < -0.39 is 0 Å². The number of furan rings is 2. The predicted octanol–water partition coefficient (Wildman–Crippen LogP) is 3.06. The number of hydrogen-bond donors (Lipinski definition) is 0. The zero-order valence-electron chi connectivity index (χ0n) is 7.20. The number of carbonyl (C=O) groups excluding carboxylic acids is 1. The first-order valence-corrected chi connectivity index (χ1v) is 4.85. The Morgan fingerprint density at radius 3 is 2.71 bits per heavy atom. The molecule has 0 saturated carbocycles. The second kappa shape index (κ2) is 3.84. The van der Waals surface area contributed by atoms with Crippen molar-refractivity contribution in [2.75, 3.05) is 0 Å². The highest BCUT2D eigenvalue weighted by Crippen LogP contribution is 2.19. The lowest BCUT2D eigenvalue weighted by molar-refractivity contribution is 0.0959. The molecular weight excluding hydrogens is 248 g/mol. The molecule has 2 heterocycles. The predicted molar refractivity (Wildman–Crippen MR) is 53.2 cm³/mol. The zero-order valence-corrected chi connectivity index (χ0v) is 8.78. The van der Waals surface area contributed by atoms with Gasteiger partial charge in [0.15, 0.2) is 5.76 Å². The number of Topliss-reactive ketones (excluding diaryl/α,β-unsaturated/α-hetero) is 1. The van der Waals surface area contributed by atoms with Gasteiger partial charge in [0.25, 0.3) is 0 Å². The van der Waals surface area contributed by atoms with E-state index in [4.69, 9.17) is 8.83 Å². The molecule has 0 radical (unpaired) electrons. The van der Waals surface area contributed by atoms with E-state index in [0.717, 1.165) is 0 Å². The van der Waals surface area contributed by atoms with Crippen molar-refractivity contribution in [2.24, 2.45) is 0 Å². The second-order valence-corrected chi connectivity index (χ2v) is 3.63. The molecule has 0 aliphatic carbocycles. The molecule has 0 bridgehead atoms. The fourth-order valence-corrected chi connectivity index (χ4v) is 1.57. The Bertz CT molecular complexity index is 428. The number of rotatable bonds is 3. The molecule has 0 saturated heterocycles. The molecule has 0 aliphatic heterocycles. The molecule has 2 aromatic heterocycles. The number of halogens is 1. The van der Waals surface area contributed by atoms with Crippen molar-refractivity contribution in [1.82, 2.24) is 0 Å². The zero-order chi connectivity index (χ0) is 9.97. The number of carbonyl (C=O) groups is 1. The summed E-state index contributed by atoms with van der Waals surface area (Å²) >= 11 is 3.23. The molecular formula is C10H7BrO3. The van der Waals surface area contributed by atoms with Crippen molar-refractivity contribution >= 4 is 21.7 Å². The van der Waals surface area contributed by atoms with Crippen LogP contribution in [0, 0.1) is 0 Å². The first kappa shape index (κ1) is 9.27. The molecule has 0 amide bonds. The maximum absolute atomic E-state index is 11.6. The van der Waals surface area contributed by atoms with Crippen molar-refractivity contribution < 1.29 is 13.6 Å². The van der Waals surface area contributed by atoms with Gasteiger partial charge >= 0.3 is 0 Å². The Morgan fingerprint density at radius 2 is 2.14 bits per heavy atom. The van der Waals surface area contributed by atoms with E-state index >= 15 is 0 Å². The molecule has 72 valence electrons. The van der Waals surface area contributed by atoms with Crippen molar-refractivity contribution in [3.05, 3.63) is 46.7 Å². The van der Waals surface area contributed by atoms with E-state index in [1.54, 1.807) is 24.5 Å². The lowest BCUT2D eigenvalue weighted by atomic mass is 10.2. The van der Waals surface area contributed by atoms with E-state index in [-0.39, 0.29) is 12.2 Å². The summed E-state index contributed by atoms with van der Waals surface area (Å²) in [7, 11) is 0. The average molecular weight is 255 g/mol. The van der Waals surface area contributed by atoms with Gasteiger partial charge in [-0.25, -0.2) is 0 Å². The Balaban J connectivity index is 2.14. The molecule has 0 spiro atoms. The van der Waals surface area contributed by atoms with Gasteiger partial charge in [0.1, 0.15) is 5.76 Å². The summed E-state index contributed by atoms with van der Waals surface area (Å²) in [6.07, 6.45) is 3.23. The quantitative estimate of drug-likeness (QED) is 0.791. The third kappa shape index (κ3) is 1.80. The average Bonchev–Trinajstić information content (AvgIpc) is 2.75. The number of hydrogen-bond acceptors (Lipinski definition) is 3. The van der Waals surface area contributed by atoms with Crippen LogP contribution in [0.25, 0.3) is 0 Å². The molecule has 0 N–H and O–H groups in total. The van der Waals surface area contributed by atoms with Gasteiger partial charge in [0, 0.05) is 0 Å². The van der Waals surface area contributed by atoms with Gasteiger partial charge in [-0.1, -0.05) is 0 Å². The van der Waals surface area contributed by atoms with Gasteiger partial charge < -0.3 is 8.83 Å². The van der Waals surface area contributed by atoms with Gasteiger partial charge in [-0.3, -0.25) is 4.79 Å². The van der Waals surface area contributed by atoms with Crippen LogP contribution in [0.4, 0.5) is 0 Å². The van der Waals surface area contributed by atoms with Crippen molar-refractivity contribution in [3.63, 3.8) is 0 Å². The first-order chi connectivity index (χ1) is 6.77. The van der Waals surface area contributed by atoms with Gasteiger partial charge in [-0.15, -0.1) is 0 Å². The number of ketones is 1. The fraction of sp³-hybridized carbons (Fsp3) is 0.100. The molecule has 2 rings (SSSR count). The van der Waals surface area contributed by atoms with Gasteiger partial charge in [-0.05, 0) is 34.1 Å². The third-order valence-electron chi connectivity index (χ3n) is 1.79. The molecule has 0 aromatic carbocycles. The summed E-state index contributed by atoms with van der Waals surface area (Å²) in [6.45, 7) is 0. The minimum absolute atomic E-state index is 0.100. The maximum atomic E-state index is 11.6. The molecule has 0 unspecified atom stereocenters. The highest BCUT2D eigenvalue weighted by molar-refractivity contribution is 9.10. The van der Waals surface area contributed by atoms with Crippen LogP contribution < -0.4 is 0 Å². The van der Waals surface area contributed by atoms with Crippen molar-refractivity contribution in [3.8, 4) is 0 Å². The van der Waals surface area contributed by atoms with E-state index in [0.29, 0.717) is 16.0 Å². The summed E-state index contributed by atoms with van der Waals surface area (Å²) in [5.41, 5.74) is 0. The highest BCUT2D eigenvalue weighted by atomic mass is 79.9. The van der Waals surface area contributed by atoms with Crippen LogP contribution in [0.3, 0.4) is 0 Å². The largest absolute Gasteiger partial charge is 0.469 e. The second-order valence-electron chi connectivity index (χ2n) is 2.78. The van der Waals surface area contributed by atoms with Crippen molar-refractivity contribution in [1.29, 1.82) is 0 Å². The van der Waals surface area contributed by atoms with Gasteiger partial charge in [-0.2, -0.15) is 0 Å². The van der Waals surface area contributed by atoms with Crippen LogP contribution >= 0.6 is 15.9 Å². The minimum atomic E-state index is -0.100. The molecule has 4 heteroatoms. The molecule has 14 heavy (non-hydrogen) atoms. The lowest BCUT2D eigenvalue weighted by Crippen LogP contribution is -2.01. The SMILES string of the molecule is O=C(Cc1ccco1)c1occc1Br. The molecule has 2 aromatic rings. The van der Waals surface area contributed by atoms with Crippen LogP contribution in [0.2, 0.25) is 0 Å². The molecule has 0 fully saturated rings. The Morgan fingerprint density at radius 1 is 1.29 bits per heavy atom. The standard InChI is InChI=1S/C10H7BrO3/c11-8-3-5-14-10(8)9(12)6-7-2-1-4-13-7/h1-5H,6H2. The topological polar surface area (TPSA) is 43.4 Å². The monoisotopic (exact) mass is 254 g/mol. The van der Waals surface area contributed by atoms with Crippen LogP contribution in [0.5, 0.6) is 0 Å². The fourth-order valence-electron chi connectivity index (χ4n) is 1.14. The Hall–Kier alpha value is -1.29. The van der Waals surface area contributed by atoms with Gasteiger partial charge in [0.2, 0.25) is 5.78 Å². The summed E-state index contributed by atoms with van der Waals surface area (Å²) in [5.74, 6) is 0.872. The summed E-state index contributed by atoms with van der Waals surface area (Å²) in [6, 6.07) is 5.20. The third-order valence-corrected chi connectivity index (χ3v) is 2.41. The summed E-state index contributed by atoms with van der Waals surface area (Å²) in [5, 5.41) is 0. The van der Waals surface area contributed by atoms with E-state index in [1.807, 2.05) is 0 Å². The normalized spacial score (nSPS) is 10.4. The van der Waals surface area contributed by atoms with E-state index in [1.165, 1.54) is 6.26 Å². The maximum Gasteiger partial charge on any atom is 0.206 e.